The summed E-state index contributed by atoms with van der Waals surface area (Å²) in [7, 11) is 0. The zero-order chi connectivity index (χ0) is 17.1. The first-order chi connectivity index (χ1) is 11.6. The van der Waals surface area contributed by atoms with Crippen LogP contribution in [0.15, 0.2) is 35.8 Å². The van der Waals surface area contributed by atoms with Crippen molar-refractivity contribution < 1.29 is 9.59 Å². The van der Waals surface area contributed by atoms with Crippen molar-refractivity contribution in [2.75, 3.05) is 17.2 Å². The molecule has 0 radical (unpaired) electrons. The fourth-order valence-corrected chi connectivity index (χ4v) is 3.31. The van der Waals surface area contributed by atoms with Crippen LogP contribution in [0.1, 0.15) is 30.6 Å². The van der Waals surface area contributed by atoms with E-state index in [1.807, 2.05) is 24.3 Å². The van der Waals surface area contributed by atoms with Crippen molar-refractivity contribution in [2.45, 2.75) is 26.4 Å². The van der Waals surface area contributed by atoms with E-state index in [1.165, 1.54) is 11.3 Å². The second-order valence-corrected chi connectivity index (χ2v) is 6.91. The number of aromatic nitrogens is 1. The molecule has 1 aromatic carbocycles. The van der Waals surface area contributed by atoms with Gasteiger partial charge in [0.25, 0.3) is 5.91 Å². The number of fused-ring (bicyclic) bond motifs is 1. The molecule has 6 nitrogen and oxygen atoms in total. The standard InChI is InChI=1S/C17H20N4O2S/c1-11(2)15-19-13-6-4-3-5-12(13)16(23)21(15)9-7-14(22)20-17-18-8-10-24-17/h3-6,8,10-11,15,19H,7,9H2,1-2H3,(H,18,20,22). The minimum atomic E-state index is -0.140. The van der Waals surface area contributed by atoms with E-state index in [0.29, 0.717) is 17.2 Å². The predicted molar refractivity (Wildman–Crippen MR) is 95.1 cm³/mol. The molecular formula is C17H20N4O2S. The third-order valence-electron chi connectivity index (χ3n) is 3.95. The normalized spacial score (nSPS) is 16.7. The molecule has 1 unspecified atom stereocenters. The largest absolute Gasteiger partial charge is 0.364 e. The number of amides is 2. The van der Waals surface area contributed by atoms with Crippen molar-refractivity contribution >= 4 is 34.0 Å². The van der Waals surface area contributed by atoms with Gasteiger partial charge in [-0.1, -0.05) is 26.0 Å². The molecule has 1 aliphatic heterocycles. The molecule has 1 atom stereocenters. The van der Waals surface area contributed by atoms with Gasteiger partial charge in [-0.05, 0) is 18.1 Å². The molecule has 0 saturated heterocycles. The molecule has 2 aromatic rings. The summed E-state index contributed by atoms with van der Waals surface area (Å²) in [6.07, 6.45) is 1.75. The first-order valence-electron chi connectivity index (χ1n) is 7.92. The van der Waals surface area contributed by atoms with E-state index in [2.05, 4.69) is 29.5 Å². The van der Waals surface area contributed by atoms with Crippen molar-refractivity contribution in [3.8, 4) is 0 Å². The highest BCUT2D eigenvalue weighted by Gasteiger charge is 2.33. The molecule has 7 heteroatoms. The maximum atomic E-state index is 12.8. The summed E-state index contributed by atoms with van der Waals surface area (Å²) < 4.78 is 0. The average Bonchev–Trinajstić information content (AvgIpc) is 3.06. The van der Waals surface area contributed by atoms with E-state index in [-0.39, 0.29) is 30.3 Å². The fourth-order valence-electron chi connectivity index (χ4n) is 2.77. The first kappa shape index (κ1) is 16.4. The van der Waals surface area contributed by atoms with Gasteiger partial charge in [-0.2, -0.15) is 0 Å². The number of hydrogen-bond acceptors (Lipinski definition) is 5. The minimum absolute atomic E-state index is 0.0369. The van der Waals surface area contributed by atoms with Crippen LogP contribution in [0.4, 0.5) is 10.8 Å². The highest BCUT2D eigenvalue weighted by molar-refractivity contribution is 7.13. The number of nitrogens with one attached hydrogen (secondary N) is 2. The molecular weight excluding hydrogens is 324 g/mol. The quantitative estimate of drug-likeness (QED) is 0.874. The number of rotatable bonds is 5. The maximum Gasteiger partial charge on any atom is 0.257 e. The molecule has 1 aliphatic rings. The number of nitrogens with zero attached hydrogens (tertiary/aromatic N) is 2. The van der Waals surface area contributed by atoms with Gasteiger partial charge in [-0.25, -0.2) is 4.98 Å². The van der Waals surface area contributed by atoms with Gasteiger partial charge in [0.15, 0.2) is 5.13 Å². The number of carbonyl (C=O) groups excluding carboxylic acids is 2. The molecule has 0 bridgehead atoms. The van der Waals surface area contributed by atoms with Gasteiger partial charge >= 0.3 is 0 Å². The second kappa shape index (κ2) is 7.00. The fraction of sp³-hybridized carbons (Fsp3) is 0.353. The summed E-state index contributed by atoms with van der Waals surface area (Å²) in [4.78, 5) is 30.7. The molecule has 126 valence electrons. The van der Waals surface area contributed by atoms with Crippen molar-refractivity contribution in [3.05, 3.63) is 41.4 Å². The van der Waals surface area contributed by atoms with Gasteiger partial charge < -0.3 is 15.5 Å². The zero-order valence-corrected chi connectivity index (χ0v) is 14.5. The van der Waals surface area contributed by atoms with E-state index in [1.54, 1.807) is 16.5 Å². The van der Waals surface area contributed by atoms with Crippen molar-refractivity contribution in [1.82, 2.24) is 9.88 Å². The van der Waals surface area contributed by atoms with Crippen LogP contribution in [0.5, 0.6) is 0 Å². The molecule has 0 fully saturated rings. The Hall–Kier alpha value is -2.41. The number of benzene rings is 1. The van der Waals surface area contributed by atoms with Gasteiger partial charge in [0.2, 0.25) is 5.91 Å². The smallest absolute Gasteiger partial charge is 0.257 e. The van der Waals surface area contributed by atoms with E-state index in [0.717, 1.165) is 5.69 Å². The topological polar surface area (TPSA) is 74.3 Å². The summed E-state index contributed by atoms with van der Waals surface area (Å²) in [5, 5.41) is 8.54. The highest BCUT2D eigenvalue weighted by atomic mass is 32.1. The molecule has 2 heterocycles. The Morgan fingerprint density at radius 3 is 2.92 bits per heavy atom. The molecule has 3 rings (SSSR count). The lowest BCUT2D eigenvalue weighted by molar-refractivity contribution is -0.116. The maximum absolute atomic E-state index is 12.8. The Kier molecular flexibility index (Phi) is 4.80. The molecule has 2 N–H and O–H groups in total. The Bertz CT molecular complexity index is 730. The van der Waals surface area contributed by atoms with E-state index >= 15 is 0 Å². The molecule has 0 spiro atoms. The molecule has 24 heavy (non-hydrogen) atoms. The number of thiazole rings is 1. The summed E-state index contributed by atoms with van der Waals surface area (Å²) in [6, 6.07) is 7.48. The number of para-hydroxylation sites is 1. The lowest BCUT2D eigenvalue weighted by Gasteiger charge is -2.40. The van der Waals surface area contributed by atoms with Crippen LogP contribution in [0.2, 0.25) is 0 Å². The number of carbonyl (C=O) groups is 2. The highest BCUT2D eigenvalue weighted by Crippen LogP contribution is 2.28. The summed E-state index contributed by atoms with van der Waals surface area (Å²) in [5.74, 6) is 0.0496. The van der Waals surface area contributed by atoms with Gasteiger partial charge in [-0.15, -0.1) is 11.3 Å². The average molecular weight is 344 g/mol. The number of hydrogen-bond donors (Lipinski definition) is 2. The minimum Gasteiger partial charge on any atom is -0.364 e. The van der Waals surface area contributed by atoms with Crippen LogP contribution >= 0.6 is 11.3 Å². The number of anilines is 2. The summed E-state index contributed by atoms with van der Waals surface area (Å²) >= 11 is 1.37. The Morgan fingerprint density at radius 2 is 2.21 bits per heavy atom. The first-order valence-corrected chi connectivity index (χ1v) is 8.80. The van der Waals surface area contributed by atoms with Crippen LogP contribution in [0.25, 0.3) is 0 Å². The second-order valence-electron chi connectivity index (χ2n) is 6.01. The van der Waals surface area contributed by atoms with Crippen LogP contribution < -0.4 is 10.6 Å². The Morgan fingerprint density at radius 1 is 1.42 bits per heavy atom. The molecule has 2 amide bonds. The predicted octanol–water partition coefficient (Wildman–Crippen LogP) is 3.02. The van der Waals surface area contributed by atoms with Crippen molar-refractivity contribution in [1.29, 1.82) is 0 Å². The van der Waals surface area contributed by atoms with E-state index in [9.17, 15) is 9.59 Å². The molecule has 0 aliphatic carbocycles. The lowest BCUT2D eigenvalue weighted by Crippen LogP contribution is -2.52. The Balaban J connectivity index is 1.70. The zero-order valence-electron chi connectivity index (χ0n) is 13.7. The van der Waals surface area contributed by atoms with Crippen molar-refractivity contribution in [3.63, 3.8) is 0 Å². The summed E-state index contributed by atoms with van der Waals surface area (Å²) in [6.45, 7) is 4.48. The molecule has 1 aromatic heterocycles. The molecule has 0 saturated carbocycles. The third-order valence-corrected chi connectivity index (χ3v) is 4.64. The monoisotopic (exact) mass is 344 g/mol. The van der Waals surface area contributed by atoms with Gasteiger partial charge in [0.05, 0.1) is 5.56 Å². The van der Waals surface area contributed by atoms with E-state index < -0.39 is 0 Å². The van der Waals surface area contributed by atoms with Gasteiger partial charge in [-0.3, -0.25) is 9.59 Å². The van der Waals surface area contributed by atoms with Gasteiger partial charge in [0, 0.05) is 30.2 Å². The van der Waals surface area contributed by atoms with Crippen LogP contribution in [0.3, 0.4) is 0 Å². The lowest BCUT2D eigenvalue weighted by atomic mass is 10.0. The van der Waals surface area contributed by atoms with Gasteiger partial charge in [0.1, 0.15) is 6.17 Å². The van der Waals surface area contributed by atoms with Crippen LogP contribution in [0, 0.1) is 5.92 Å². The SMILES string of the molecule is CC(C)C1Nc2ccccc2C(=O)N1CCC(=O)Nc1nccs1. The van der Waals surface area contributed by atoms with Crippen molar-refractivity contribution in [2.24, 2.45) is 5.92 Å². The van der Waals surface area contributed by atoms with Crippen LogP contribution in [-0.4, -0.2) is 34.4 Å². The summed E-state index contributed by atoms with van der Waals surface area (Å²) in [5.41, 5.74) is 1.50. The Labute approximate surface area is 144 Å². The third kappa shape index (κ3) is 3.41. The van der Waals surface area contributed by atoms with E-state index in [4.69, 9.17) is 0 Å². The van der Waals surface area contributed by atoms with Crippen LogP contribution in [-0.2, 0) is 4.79 Å².